The molecule has 1 aromatic heterocycles. The predicted octanol–water partition coefficient (Wildman–Crippen LogP) is 4.47. The van der Waals surface area contributed by atoms with Crippen molar-refractivity contribution in [2.45, 2.75) is 75.0 Å². The number of piperidine rings is 2. The molecule has 0 bridgehead atoms. The lowest BCUT2D eigenvalue weighted by Gasteiger charge is -2.29. The number of carbonyl (C=O) groups is 1. The molecular weight excluding hydrogens is 598 g/mol. The summed E-state index contributed by atoms with van der Waals surface area (Å²) in [4.78, 5) is 18.9. The molecule has 4 heterocycles. The lowest BCUT2D eigenvalue weighted by atomic mass is 9.99. The first-order chi connectivity index (χ1) is 21.1. The second kappa shape index (κ2) is 14.9. The van der Waals surface area contributed by atoms with E-state index >= 15 is 0 Å². The monoisotopic (exact) mass is 641 g/mol. The minimum Gasteiger partial charge on any atom is -0.390 e. The molecular formula is C31H43F4N5O3S. The molecule has 0 unspecified atom stereocenters. The highest BCUT2D eigenvalue weighted by Crippen LogP contribution is 2.40. The van der Waals surface area contributed by atoms with Crippen LogP contribution in [0.3, 0.4) is 0 Å². The molecule has 1 N–H and O–H groups in total. The first kappa shape index (κ1) is 33.2. The van der Waals surface area contributed by atoms with E-state index < -0.39 is 24.0 Å². The fraction of sp³-hybridized carbons (Fsp3) is 0.677. The van der Waals surface area contributed by atoms with Gasteiger partial charge in [0.2, 0.25) is 5.91 Å². The van der Waals surface area contributed by atoms with Crippen molar-refractivity contribution in [3.05, 3.63) is 35.0 Å². The van der Waals surface area contributed by atoms with E-state index in [0.717, 1.165) is 55.0 Å². The molecule has 1 amide bonds. The summed E-state index contributed by atoms with van der Waals surface area (Å²) in [6.07, 6.45) is -1.11. The van der Waals surface area contributed by atoms with Crippen LogP contribution in [0.1, 0.15) is 48.9 Å². The summed E-state index contributed by atoms with van der Waals surface area (Å²) >= 11 is 1.15. The molecule has 0 aliphatic carbocycles. The Balaban J connectivity index is 1.41. The molecule has 244 valence electrons. The number of amides is 1. The van der Waals surface area contributed by atoms with Crippen LogP contribution < -0.4 is 0 Å². The van der Waals surface area contributed by atoms with E-state index in [1.165, 1.54) is 19.6 Å². The van der Waals surface area contributed by atoms with E-state index in [1.807, 2.05) is 0 Å². The molecule has 1 atom stereocenters. The highest BCUT2D eigenvalue weighted by molar-refractivity contribution is 7.99. The molecule has 8 nitrogen and oxygen atoms in total. The van der Waals surface area contributed by atoms with Gasteiger partial charge in [-0.15, -0.1) is 11.8 Å². The van der Waals surface area contributed by atoms with Gasteiger partial charge in [-0.2, -0.15) is 18.3 Å². The Morgan fingerprint density at radius 2 is 1.84 bits per heavy atom. The highest BCUT2D eigenvalue weighted by atomic mass is 32.2. The second-order valence-electron chi connectivity index (χ2n) is 12.0. The number of fused-ring (bicyclic) bond motifs is 1. The van der Waals surface area contributed by atoms with Crippen LogP contribution in [0.25, 0.3) is 11.3 Å². The number of halogens is 4. The number of aromatic nitrogens is 2. The molecule has 44 heavy (non-hydrogen) atoms. The number of carbonyl (C=O) groups excluding carboxylic acids is 1. The quantitative estimate of drug-likeness (QED) is 0.287. The topological polar surface area (TPSA) is 74.1 Å². The van der Waals surface area contributed by atoms with Crippen LogP contribution >= 0.6 is 11.8 Å². The van der Waals surface area contributed by atoms with E-state index in [9.17, 15) is 27.5 Å². The Bertz CT molecular complexity index is 1260. The molecule has 3 aliphatic heterocycles. The number of aliphatic hydroxyl groups is 1. The van der Waals surface area contributed by atoms with Gasteiger partial charge in [0.15, 0.2) is 0 Å². The van der Waals surface area contributed by atoms with Crippen molar-refractivity contribution in [3.63, 3.8) is 0 Å². The van der Waals surface area contributed by atoms with E-state index in [4.69, 9.17) is 9.84 Å². The van der Waals surface area contributed by atoms with E-state index in [1.54, 1.807) is 15.6 Å². The number of hydrogen-bond donors (Lipinski definition) is 1. The van der Waals surface area contributed by atoms with Crippen molar-refractivity contribution >= 4 is 17.7 Å². The summed E-state index contributed by atoms with van der Waals surface area (Å²) in [5.41, 5.74) is 2.05. The summed E-state index contributed by atoms with van der Waals surface area (Å²) in [6.45, 7) is 5.19. The molecule has 0 saturated carbocycles. The van der Waals surface area contributed by atoms with Crippen molar-refractivity contribution < 1.29 is 32.2 Å². The minimum absolute atomic E-state index is 0.0581. The van der Waals surface area contributed by atoms with Crippen molar-refractivity contribution in [1.82, 2.24) is 24.5 Å². The van der Waals surface area contributed by atoms with Crippen LogP contribution in [0.15, 0.2) is 23.1 Å². The number of β-amino-alcohol motifs (C(OH)–C–C–N with tert-alkyl or cyclic N) is 1. The normalized spacial score (nSPS) is 19.7. The fourth-order valence-electron chi connectivity index (χ4n) is 6.43. The van der Waals surface area contributed by atoms with Gasteiger partial charge >= 0.3 is 6.18 Å². The number of benzene rings is 1. The zero-order chi connectivity index (χ0) is 31.3. The van der Waals surface area contributed by atoms with Gasteiger partial charge in [-0.25, -0.2) is 4.39 Å². The van der Waals surface area contributed by atoms with E-state index in [0.29, 0.717) is 69.0 Å². The van der Waals surface area contributed by atoms with Crippen molar-refractivity contribution in [2.75, 3.05) is 65.3 Å². The molecule has 3 aliphatic rings. The molecule has 0 radical (unpaired) electrons. The van der Waals surface area contributed by atoms with Crippen LogP contribution in [0, 0.1) is 0 Å². The van der Waals surface area contributed by atoms with Crippen molar-refractivity contribution in [1.29, 1.82) is 0 Å². The summed E-state index contributed by atoms with van der Waals surface area (Å²) in [6, 6.07) is 4.11. The number of methoxy groups -OCH3 is 1. The third-order valence-electron chi connectivity index (χ3n) is 8.80. The van der Waals surface area contributed by atoms with Gasteiger partial charge in [0.1, 0.15) is 12.8 Å². The number of likely N-dealkylation sites (tertiary alicyclic amines) is 2. The highest BCUT2D eigenvalue weighted by Gasteiger charge is 2.35. The maximum absolute atomic E-state index is 14.1. The van der Waals surface area contributed by atoms with Gasteiger partial charge in [0.05, 0.1) is 23.9 Å². The molecule has 5 rings (SSSR count). The molecule has 0 spiro atoms. The van der Waals surface area contributed by atoms with Crippen LogP contribution in [-0.4, -0.2) is 113 Å². The third-order valence-corrected chi connectivity index (χ3v) is 9.83. The standard InChI is InChI=1S/C31H43F4N5O3S/c1-43-21-29(42)39-14-9-27-25(20-39)30(36-40(27)19-24(41)18-38-10-3-2-4-11-38)22-5-6-26(31(33,34)35)28(17-22)44-16-15-37-12-7-23(32)8-13-37/h5-6,17,23-24,41H,2-4,7-16,18-21H2,1H3/t24-/m0/s1. The summed E-state index contributed by atoms with van der Waals surface area (Å²) in [7, 11) is 1.46. The summed E-state index contributed by atoms with van der Waals surface area (Å²) in [5.74, 6) is 0.278. The Morgan fingerprint density at radius 3 is 2.55 bits per heavy atom. The van der Waals surface area contributed by atoms with E-state index in [2.05, 4.69) is 9.80 Å². The van der Waals surface area contributed by atoms with Crippen LogP contribution in [0.4, 0.5) is 17.6 Å². The largest absolute Gasteiger partial charge is 0.417 e. The molecule has 2 fully saturated rings. The van der Waals surface area contributed by atoms with Gasteiger partial charge in [-0.3, -0.25) is 9.48 Å². The summed E-state index contributed by atoms with van der Waals surface area (Å²) in [5, 5.41) is 15.9. The average molecular weight is 642 g/mol. The second-order valence-corrected chi connectivity index (χ2v) is 13.2. The molecule has 1 aromatic carbocycles. The smallest absolute Gasteiger partial charge is 0.390 e. The fourth-order valence-corrected chi connectivity index (χ4v) is 7.55. The number of hydrogen-bond acceptors (Lipinski definition) is 7. The maximum Gasteiger partial charge on any atom is 0.417 e. The van der Waals surface area contributed by atoms with Gasteiger partial charge in [-0.1, -0.05) is 12.5 Å². The van der Waals surface area contributed by atoms with Crippen LogP contribution in [0.2, 0.25) is 0 Å². The summed E-state index contributed by atoms with van der Waals surface area (Å²) < 4.78 is 62.6. The van der Waals surface area contributed by atoms with Gasteiger partial charge in [0.25, 0.3) is 0 Å². The predicted molar refractivity (Wildman–Crippen MR) is 161 cm³/mol. The first-order valence-corrected chi connectivity index (χ1v) is 16.6. The van der Waals surface area contributed by atoms with E-state index in [-0.39, 0.29) is 30.5 Å². The third kappa shape index (κ3) is 8.34. The first-order valence-electron chi connectivity index (χ1n) is 15.6. The number of nitrogens with zero attached hydrogens (tertiary/aromatic N) is 5. The van der Waals surface area contributed by atoms with Crippen molar-refractivity contribution in [3.8, 4) is 11.3 Å². The van der Waals surface area contributed by atoms with Crippen LogP contribution in [0.5, 0.6) is 0 Å². The number of alkyl halides is 4. The van der Waals surface area contributed by atoms with Gasteiger partial charge < -0.3 is 24.5 Å². The maximum atomic E-state index is 14.1. The Kier molecular flexibility index (Phi) is 11.3. The minimum atomic E-state index is -4.52. The number of thioether (sulfide) groups is 1. The SMILES string of the molecule is COCC(=O)N1CCc2c(c(-c3ccc(C(F)(F)F)c(SCCN4CCC(F)CC4)c3)nn2C[C@@H](O)CN2CCCCC2)C1. The Labute approximate surface area is 260 Å². The molecule has 2 saturated heterocycles. The number of aliphatic hydroxyl groups excluding tert-OH is 1. The molecule has 2 aromatic rings. The van der Waals surface area contributed by atoms with Crippen LogP contribution in [-0.2, 0) is 35.2 Å². The lowest BCUT2D eigenvalue weighted by molar-refractivity contribution is -0.139. The zero-order valence-electron chi connectivity index (χ0n) is 25.3. The van der Waals surface area contributed by atoms with Crippen molar-refractivity contribution in [2.24, 2.45) is 0 Å². The number of rotatable bonds is 11. The average Bonchev–Trinajstić information content (AvgIpc) is 3.35. The Morgan fingerprint density at radius 1 is 1.09 bits per heavy atom. The van der Waals surface area contributed by atoms with Gasteiger partial charge in [-0.05, 0) is 50.9 Å². The number of ether oxygens (including phenoxy) is 1. The zero-order valence-corrected chi connectivity index (χ0v) is 26.1. The van der Waals surface area contributed by atoms with Gasteiger partial charge in [0, 0.05) is 80.3 Å². The Hall–Kier alpha value is -2.19. The molecule has 13 heteroatoms. The lowest BCUT2D eigenvalue weighted by Crippen LogP contribution is -2.40.